The third kappa shape index (κ3) is 58.5. The highest BCUT2D eigenvalue weighted by Gasteiger charge is 2.20. The van der Waals surface area contributed by atoms with Crippen molar-refractivity contribution in [2.45, 2.75) is 334 Å². The molecule has 0 heterocycles. The number of allylic oxidation sites excluding steroid dienone is 14. The SMILES string of the molecule is CC/C=C\C/C=C\C/C=C\C/C=C\C/C=C\C/C=C\C/C=C\CCCCCCCCCCCCCCCC(=O)NC(CO)C(O)CCCCCCCCCCCCCCCCCCCCCCCCCCC. The summed E-state index contributed by atoms with van der Waals surface area (Å²) in [4.78, 5) is 12.5. The molecule has 0 spiro atoms. The maximum absolute atomic E-state index is 12.5. The van der Waals surface area contributed by atoms with Crippen LogP contribution in [0.5, 0.6) is 0 Å². The third-order valence-electron chi connectivity index (χ3n) is 14.4. The molecule has 72 heavy (non-hydrogen) atoms. The molecule has 418 valence electrons. The molecular weight excluding hydrogens is 879 g/mol. The number of nitrogens with one attached hydrogen (secondary N) is 1. The highest BCUT2D eigenvalue weighted by atomic mass is 16.3. The van der Waals surface area contributed by atoms with Crippen LogP contribution in [0, 0.1) is 0 Å². The van der Waals surface area contributed by atoms with E-state index in [1.54, 1.807) is 0 Å². The summed E-state index contributed by atoms with van der Waals surface area (Å²) < 4.78 is 0. The molecule has 0 aromatic carbocycles. The van der Waals surface area contributed by atoms with Gasteiger partial charge in [0.1, 0.15) is 0 Å². The number of carbonyl (C=O) groups excluding carboxylic acids is 1. The van der Waals surface area contributed by atoms with Crippen LogP contribution >= 0.6 is 0 Å². The van der Waals surface area contributed by atoms with Gasteiger partial charge in [0.15, 0.2) is 0 Å². The lowest BCUT2D eigenvalue weighted by molar-refractivity contribution is -0.123. The largest absolute Gasteiger partial charge is 0.394 e. The molecule has 0 aliphatic heterocycles. The minimum Gasteiger partial charge on any atom is -0.394 e. The van der Waals surface area contributed by atoms with Crippen molar-refractivity contribution in [2.24, 2.45) is 0 Å². The maximum atomic E-state index is 12.5. The van der Waals surface area contributed by atoms with Crippen LogP contribution in [-0.2, 0) is 4.79 Å². The summed E-state index contributed by atoms with van der Waals surface area (Å²) in [6.07, 6.45) is 91.7. The zero-order valence-electron chi connectivity index (χ0n) is 48.2. The van der Waals surface area contributed by atoms with Gasteiger partial charge in [0, 0.05) is 6.42 Å². The van der Waals surface area contributed by atoms with Crippen molar-refractivity contribution in [1.82, 2.24) is 5.32 Å². The Morgan fingerprint density at radius 2 is 0.611 bits per heavy atom. The van der Waals surface area contributed by atoms with E-state index in [0.717, 1.165) is 70.6 Å². The van der Waals surface area contributed by atoms with Crippen LogP contribution < -0.4 is 5.32 Å². The predicted molar refractivity (Wildman–Crippen MR) is 322 cm³/mol. The number of aliphatic hydroxyl groups excluding tert-OH is 2. The molecule has 0 aromatic heterocycles. The first-order valence-electron chi connectivity index (χ1n) is 31.8. The Morgan fingerprint density at radius 3 is 0.917 bits per heavy atom. The molecule has 0 bridgehead atoms. The summed E-state index contributed by atoms with van der Waals surface area (Å²) in [5, 5.41) is 23.4. The number of aliphatic hydroxyl groups is 2. The van der Waals surface area contributed by atoms with E-state index in [4.69, 9.17) is 0 Å². The zero-order chi connectivity index (χ0) is 52.0. The van der Waals surface area contributed by atoms with E-state index >= 15 is 0 Å². The van der Waals surface area contributed by atoms with Gasteiger partial charge in [0.2, 0.25) is 5.91 Å². The Morgan fingerprint density at radius 1 is 0.347 bits per heavy atom. The normalized spacial score (nSPS) is 13.3. The van der Waals surface area contributed by atoms with Crippen molar-refractivity contribution in [1.29, 1.82) is 0 Å². The van der Waals surface area contributed by atoms with Gasteiger partial charge in [-0.15, -0.1) is 0 Å². The molecule has 0 fully saturated rings. The first-order chi connectivity index (χ1) is 35.7. The van der Waals surface area contributed by atoms with Crippen LogP contribution in [-0.4, -0.2) is 34.9 Å². The van der Waals surface area contributed by atoms with E-state index in [1.807, 2.05) is 0 Å². The Balaban J connectivity index is 3.48. The monoisotopic (exact) mass is 1000 g/mol. The minimum absolute atomic E-state index is 0.0313. The number of hydrogen-bond acceptors (Lipinski definition) is 3. The van der Waals surface area contributed by atoms with Gasteiger partial charge in [-0.3, -0.25) is 4.79 Å². The van der Waals surface area contributed by atoms with E-state index in [2.05, 4.69) is 104 Å². The number of amides is 1. The average Bonchev–Trinajstić information content (AvgIpc) is 3.39. The second-order valence-corrected chi connectivity index (χ2v) is 21.5. The van der Waals surface area contributed by atoms with E-state index < -0.39 is 12.1 Å². The minimum atomic E-state index is -0.665. The van der Waals surface area contributed by atoms with Gasteiger partial charge in [0.05, 0.1) is 18.8 Å². The highest BCUT2D eigenvalue weighted by Crippen LogP contribution is 2.18. The lowest BCUT2D eigenvalue weighted by atomic mass is 10.0. The van der Waals surface area contributed by atoms with Crippen molar-refractivity contribution in [3.05, 3.63) is 85.1 Å². The number of rotatable bonds is 58. The third-order valence-corrected chi connectivity index (χ3v) is 14.4. The van der Waals surface area contributed by atoms with Crippen molar-refractivity contribution in [2.75, 3.05) is 6.61 Å². The fraction of sp³-hybridized carbons (Fsp3) is 0.779. The first-order valence-corrected chi connectivity index (χ1v) is 31.8. The second-order valence-electron chi connectivity index (χ2n) is 21.5. The molecule has 0 aromatic rings. The van der Waals surface area contributed by atoms with Gasteiger partial charge in [-0.05, 0) is 70.6 Å². The van der Waals surface area contributed by atoms with Crippen LogP contribution in [0.25, 0.3) is 0 Å². The van der Waals surface area contributed by atoms with Gasteiger partial charge in [-0.1, -0.05) is 330 Å². The Labute approximate surface area is 450 Å². The molecule has 4 heteroatoms. The van der Waals surface area contributed by atoms with Gasteiger partial charge in [-0.25, -0.2) is 0 Å². The van der Waals surface area contributed by atoms with Crippen molar-refractivity contribution < 1.29 is 15.0 Å². The maximum Gasteiger partial charge on any atom is 0.220 e. The molecule has 0 aliphatic carbocycles. The molecule has 0 saturated heterocycles. The fourth-order valence-corrected chi connectivity index (χ4v) is 9.64. The molecule has 4 nitrogen and oxygen atoms in total. The van der Waals surface area contributed by atoms with Gasteiger partial charge >= 0.3 is 0 Å². The molecular formula is C68H123NO3. The Hall–Kier alpha value is -2.43. The molecule has 3 N–H and O–H groups in total. The van der Waals surface area contributed by atoms with Gasteiger partial charge in [0.25, 0.3) is 0 Å². The lowest BCUT2D eigenvalue weighted by Gasteiger charge is -2.22. The molecule has 2 atom stereocenters. The molecule has 0 radical (unpaired) electrons. The molecule has 0 rings (SSSR count). The molecule has 0 saturated carbocycles. The van der Waals surface area contributed by atoms with Crippen LogP contribution in [0.1, 0.15) is 322 Å². The van der Waals surface area contributed by atoms with Crippen molar-refractivity contribution in [3.8, 4) is 0 Å². The summed E-state index contributed by atoms with van der Waals surface area (Å²) in [5.41, 5.74) is 0. The van der Waals surface area contributed by atoms with Crippen molar-refractivity contribution >= 4 is 5.91 Å². The first kappa shape index (κ1) is 69.6. The quantitative estimate of drug-likeness (QED) is 0.0420. The average molecular weight is 1000 g/mol. The number of hydrogen-bond donors (Lipinski definition) is 3. The van der Waals surface area contributed by atoms with Crippen LogP contribution in [0.4, 0.5) is 0 Å². The van der Waals surface area contributed by atoms with E-state index in [-0.39, 0.29) is 12.5 Å². The van der Waals surface area contributed by atoms with Gasteiger partial charge < -0.3 is 15.5 Å². The molecule has 2 unspecified atom stereocenters. The predicted octanol–water partition coefficient (Wildman–Crippen LogP) is 21.5. The van der Waals surface area contributed by atoms with E-state index in [1.165, 1.54) is 225 Å². The van der Waals surface area contributed by atoms with Crippen molar-refractivity contribution in [3.63, 3.8) is 0 Å². The summed E-state index contributed by atoms with van der Waals surface area (Å²) in [5.74, 6) is -0.0313. The fourth-order valence-electron chi connectivity index (χ4n) is 9.64. The Bertz CT molecular complexity index is 1270. The number of unbranched alkanes of at least 4 members (excludes halogenated alkanes) is 37. The smallest absolute Gasteiger partial charge is 0.220 e. The van der Waals surface area contributed by atoms with Crippen LogP contribution in [0.15, 0.2) is 85.1 Å². The second kappa shape index (κ2) is 62.9. The topological polar surface area (TPSA) is 69.6 Å². The Kier molecular flexibility index (Phi) is 60.7. The molecule has 1 amide bonds. The molecule has 0 aliphatic rings. The van der Waals surface area contributed by atoms with Crippen LogP contribution in [0.2, 0.25) is 0 Å². The van der Waals surface area contributed by atoms with E-state index in [0.29, 0.717) is 12.8 Å². The highest BCUT2D eigenvalue weighted by molar-refractivity contribution is 5.76. The number of carbonyl (C=O) groups is 1. The standard InChI is InChI=1S/C68H123NO3/c1-3-5-7-9-11-13-15-17-19-21-23-25-27-29-30-31-32-33-34-35-36-37-38-40-42-44-46-48-50-52-54-56-58-60-62-64-68(72)69-66(65-70)67(71)63-61-59-57-55-53-51-49-47-45-43-41-39-28-26-24-22-20-18-16-14-12-10-8-6-4-2/h5,7,11,13,17,19,23,25,29-30,32-33,35-36,66-67,70-71H,3-4,6,8-10,12,14-16,18,20-22,24,26-28,31,34,37-65H2,1-2H3,(H,69,72)/b7-5-,13-11-,19-17-,25-23-,30-29-,33-32-,36-35-. The van der Waals surface area contributed by atoms with Crippen LogP contribution in [0.3, 0.4) is 0 Å². The summed E-state index contributed by atoms with van der Waals surface area (Å²) in [7, 11) is 0. The summed E-state index contributed by atoms with van der Waals surface area (Å²) in [6.45, 7) is 4.27. The van der Waals surface area contributed by atoms with E-state index in [9.17, 15) is 15.0 Å². The van der Waals surface area contributed by atoms with Gasteiger partial charge in [-0.2, -0.15) is 0 Å². The lowest BCUT2D eigenvalue weighted by Crippen LogP contribution is -2.45. The summed E-state index contributed by atoms with van der Waals surface area (Å²) in [6, 6.07) is -0.542. The zero-order valence-corrected chi connectivity index (χ0v) is 48.2. The summed E-state index contributed by atoms with van der Waals surface area (Å²) >= 11 is 0.